The maximum absolute atomic E-state index is 11.4. The number of aromatic nitrogens is 1. The third-order valence-corrected chi connectivity index (χ3v) is 1.90. The molecule has 3 heteroatoms. The van der Waals surface area contributed by atoms with Crippen molar-refractivity contribution in [3.8, 4) is 6.07 Å². The van der Waals surface area contributed by atoms with Crippen molar-refractivity contribution in [2.45, 2.75) is 0 Å². The van der Waals surface area contributed by atoms with Crippen molar-refractivity contribution in [3.63, 3.8) is 0 Å². The van der Waals surface area contributed by atoms with Gasteiger partial charge in [0.25, 0.3) is 0 Å². The van der Waals surface area contributed by atoms with Crippen LogP contribution >= 0.6 is 0 Å². The third-order valence-electron chi connectivity index (χ3n) is 1.90. The zero-order chi connectivity index (χ0) is 9.26. The highest BCUT2D eigenvalue weighted by atomic mass is 16.1. The molecule has 0 amide bonds. The summed E-state index contributed by atoms with van der Waals surface area (Å²) >= 11 is 0. The van der Waals surface area contributed by atoms with E-state index >= 15 is 0 Å². The minimum absolute atomic E-state index is 0.120. The average molecular weight is 170 g/mol. The zero-order valence-electron chi connectivity index (χ0n) is 6.74. The molecular weight excluding hydrogens is 164 g/mol. The molecule has 1 aromatic carbocycles. The summed E-state index contributed by atoms with van der Waals surface area (Å²) < 4.78 is 0. The second kappa shape index (κ2) is 2.76. The summed E-state index contributed by atoms with van der Waals surface area (Å²) in [5, 5.41) is 9.22. The van der Waals surface area contributed by atoms with E-state index in [1.165, 1.54) is 6.07 Å². The summed E-state index contributed by atoms with van der Waals surface area (Å²) in [6.07, 6.45) is 1.58. The van der Waals surface area contributed by atoms with Gasteiger partial charge in [0.05, 0.1) is 22.5 Å². The van der Waals surface area contributed by atoms with Gasteiger partial charge in [-0.25, -0.2) is 0 Å². The van der Waals surface area contributed by atoms with Gasteiger partial charge < -0.3 is 4.98 Å². The van der Waals surface area contributed by atoms with Gasteiger partial charge >= 0.3 is 0 Å². The quantitative estimate of drug-likeness (QED) is 0.649. The second-order valence-electron chi connectivity index (χ2n) is 2.68. The molecule has 0 aliphatic rings. The number of hydrogen-bond acceptors (Lipinski definition) is 2. The summed E-state index contributed by atoms with van der Waals surface area (Å²) in [5.41, 5.74) is 0.997. The third kappa shape index (κ3) is 1.09. The van der Waals surface area contributed by atoms with Crippen molar-refractivity contribution in [3.05, 3.63) is 46.2 Å². The number of nitrogens with one attached hydrogen (secondary N) is 1. The lowest BCUT2D eigenvalue weighted by Gasteiger charge is -1.96. The Balaban J connectivity index is 3.06. The van der Waals surface area contributed by atoms with Crippen molar-refractivity contribution >= 4 is 10.9 Å². The minimum Gasteiger partial charge on any atom is -0.361 e. The summed E-state index contributed by atoms with van der Waals surface area (Å²) in [6, 6.07) is 8.57. The fourth-order valence-corrected chi connectivity index (χ4v) is 1.32. The number of fused-ring (bicyclic) bond motifs is 1. The molecule has 2 aromatic rings. The van der Waals surface area contributed by atoms with Crippen molar-refractivity contribution in [2.75, 3.05) is 0 Å². The highest BCUT2D eigenvalue weighted by molar-refractivity contribution is 5.84. The molecule has 1 N–H and O–H groups in total. The molecule has 0 radical (unpaired) electrons. The predicted molar refractivity (Wildman–Crippen MR) is 49.3 cm³/mol. The van der Waals surface area contributed by atoms with Gasteiger partial charge in [0, 0.05) is 12.3 Å². The molecule has 1 aromatic heterocycles. The number of rotatable bonds is 0. The first-order valence-electron chi connectivity index (χ1n) is 3.83. The van der Waals surface area contributed by atoms with E-state index in [2.05, 4.69) is 4.98 Å². The van der Waals surface area contributed by atoms with Crippen LogP contribution in [0.2, 0.25) is 0 Å². The van der Waals surface area contributed by atoms with E-state index in [4.69, 9.17) is 5.26 Å². The Morgan fingerprint density at radius 3 is 2.92 bits per heavy atom. The Kier molecular flexibility index (Phi) is 1.60. The molecule has 13 heavy (non-hydrogen) atoms. The highest BCUT2D eigenvalue weighted by Gasteiger charge is 2.02. The number of hydrogen-bond donors (Lipinski definition) is 1. The number of nitrogens with zero attached hydrogens (tertiary/aromatic N) is 1. The lowest BCUT2D eigenvalue weighted by Crippen LogP contribution is -2.01. The number of nitriles is 1. The molecule has 0 atom stereocenters. The summed E-state index contributed by atoms with van der Waals surface area (Å²) in [7, 11) is 0. The van der Waals surface area contributed by atoms with Crippen molar-refractivity contribution < 1.29 is 0 Å². The molecule has 3 nitrogen and oxygen atoms in total. The molecule has 0 fully saturated rings. The predicted octanol–water partition coefficient (Wildman–Crippen LogP) is 1.40. The van der Waals surface area contributed by atoms with Gasteiger partial charge in [0.1, 0.15) is 0 Å². The lowest BCUT2D eigenvalue weighted by atomic mass is 10.1. The van der Waals surface area contributed by atoms with E-state index in [1.54, 1.807) is 24.4 Å². The molecule has 2 rings (SSSR count). The van der Waals surface area contributed by atoms with Crippen molar-refractivity contribution in [1.29, 1.82) is 5.26 Å². The monoisotopic (exact) mass is 170 g/mol. The van der Waals surface area contributed by atoms with Crippen LogP contribution < -0.4 is 5.43 Å². The van der Waals surface area contributed by atoms with Crippen molar-refractivity contribution in [2.24, 2.45) is 0 Å². The van der Waals surface area contributed by atoms with Gasteiger partial charge in [-0.15, -0.1) is 0 Å². The Morgan fingerprint density at radius 2 is 2.15 bits per heavy atom. The topological polar surface area (TPSA) is 56.6 Å². The fourth-order valence-electron chi connectivity index (χ4n) is 1.32. The second-order valence-corrected chi connectivity index (χ2v) is 2.68. The fraction of sp³-hybridized carbons (Fsp3) is 0. The van der Waals surface area contributed by atoms with Crippen LogP contribution in [0.15, 0.2) is 35.3 Å². The summed E-state index contributed by atoms with van der Waals surface area (Å²) in [5.74, 6) is 0. The molecule has 0 aliphatic carbocycles. The first kappa shape index (κ1) is 7.56. The Labute approximate surface area is 74.3 Å². The van der Waals surface area contributed by atoms with E-state index in [-0.39, 0.29) is 5.43 Å². The molecular formula is C10H6N2O. The van der Waals surface area contributed by atoms with Gasteiger partial charge in [-0.05, 0) is 12.1 Å². The van der Waals surface area contributed by atoms with E-state index in [1.807, 2.05) is 6.07 Å². The molecule has 0 aliphatic heterocycles. The molecule has 0 saturated heterocycles. The van der Waals surface area contributed by atoms with E-state index in [0.29, 0.717) is 16.5 Å². The lowest BCUT2D eigenvalue weighted by molar-refractivity contribution is 1.38. The van der Waals surface area contributed by atoms with Gasteiger partial charge in [0.15, 0.2) is 5.43 Å². The van der Waals surface area contributed by atoms with Crippen LogP contribution in [0.4, 0.5) is 0 Å². The van der Waals surface area contributed by atoms with Crippen LogP contribution in [0.3, 0.4) is 0 Å². The molecule has 0 spiro atoms. The maximum Gasteiger partial charge on any atom is 0.190 e. The van der Waals surface area contributed by atoms with Gasteiger partial charge in [-0.1, -0.05) is 6.07 Å². The molecule has 62 valence electrons. The molecule has 1 heterocycles. The average Bonchev–Trinajstić information content (AvgIpc) is 2.17. The van der Waals surface area contributed by atoms with Crippen LogP contribution in [-0.2, 0) is 0 Å². The van der Waals surface area contributed by atoms with Gasteiger partial charge in [-0.2, -0.15) is 5.26 Å². The maximum atomic E-state index is 11.4. The minimum atomic E-state index is -0.120. The largest absolute Gasteiger partial charge is 0.361 e. The molecule has 0 bridgehead atoms. The number of pyridine rings is 1. The van der Waals surface area contributed by atoms with Crippen molar-refractivity contribution in [1.82, 2.24) is 4.98 Å². The van der Waals surface area contributed by atoms with Gasteiger partial charge in [0.2, 0.25) is 0 Å². The van der Waals surface area contributed by atoms with Crippen LogP contribution in [0.25, 0.3) is 10.9 Å². The number of benzene rings is 1. The van der Waals surface area contributed by atoms with Crippen LogP contribution in [-0.4, -0.2) is 4.98 Å². The first-order chi connectivity index (χ1) is 6.33. The Bertz CT molecular complexity index is 543. The summed E-state index contributed by atoms with van der Waals surface area (Å²) in [6.45, 7) is 0. The van der Waals surface area contributed by atoms with E-state index in [0.717, 1.165) is 0 Å². The van der Waals surface area contributed by atoms with E-state index in [9.17, 15) is 4.79 Å². The van der Waals surface area contributed by atoms with Gasteiger partial charge in [-0.3, -0.25) is 4.79 Å². The summed E-state index contributed by atoms with van der Waals surface area (Å²) in [4.78, 5) is 14.3. The van der Waals surface area contributed by atoms with Crippen LogP contribution in [0.1, 0.15) is 5.56 Å². The normalized spacial score (nSPS) is 9.77. The SMILES string of the molecule is N#Cc1cccc2[nH]ccc(=O)c12. The van der Waals surface area contributed by atoms with E-state index < -0.39 is 0 Å². The number of aromatic amines is 1. The molecule has 0 unspecified atom stereocenters. The number of H-pyrrole nitrogens is 1. The zero-order valence-corrected chi connectivity index (χ0v) is 6.74. The Hall–Kier alpha value is -2.08. The smallest absolute Gasteiger partial charge is 0.190 e. The first-order valence-corrected chi connectivity index (χ1v) is 3.83. The highest BCUT2D eigenvalue weighted by Crippen LogP contribution is 2.10. The Morgan fingerprint density at radius 1 is 1.31 bits per heavy atom. The van der Waals surface area contributed by atoms with Crippen LogP contribution in [0, 0.1) is 11.3 Å². The van der Waals surface area contributed by atoms with Crippen LogP contribution in [0.5, 0.6) is 0 Å². The standard InChI is InChI=1S/C10H6N2O/c11-6-7-2-1-3-8-10(7)9(13)4-5-12-8/h1-5H,(H,12,13). The molecule has 0 saturated carbocycles.